The highest BCUT2D eigenvalue weighted by Crippen LogP contribution is 2.19. The maximum atomic E-state index is 12.4. The summed E-state index contributed by atoms with van der Waals surface area (Å²) in [6.07, 6.45) is 5.80. The number of nitrogens with zero attached hydrogens (tertiary/aromatic N) is 4. The van der Waals surface area contributed by atoms with Crippen LogP contribution < -0.4 is 5.32 Å². The molecule has 8 nitrogen and oxygen atoms in total. The fraction of sp³-hybridized carbons (Fsp3) is 0.250. The third-order valence-electron chi connectivity index (χ3n) is 3.77. The molecule has 0 bridgehead atoms. The molecular formula is C16H17N5O3S. The molecule has 130 valence electrons. The summed E-state index contributed by atoms with van der Waals surface area (Å²) in [7, 11) is -1.94. The van der Waals surface area contributed by atoms with Gasteiger partial charge < -0.3 is 10.2 Å². The molecular weight excluding hydrogens is 342 g/mol. The van der Waals surface area contributed by atoms with Gasteiger partial charge in [0.1, 0.15) is 11.5 Å². The molecule has 1 amide bonds. The number of carbonyl (C=O) groups is 1. The molecule has 0 unspecified atom stereocenters. The van der Waals surface area contributed by atoms with Crippen molar-refractivity contribution in [1.29, 1.82) is 0 Å². The minimum Gasteiger partial charge on any atom is -0.362 e. The lowest BCUT2D eigenvalue weighted by Gasteiger charge is -2.11. The number of nitrogens with one attached hydrogen (secondary N) is 1. The van der Waals surface area contributed by atoms with Crippen molar-refractivity contribution in [2.75, 3.05) is 18.9 Å². The second-order valence-corrected chi connectivity index (χ2v) is 7.18. The van der Waals surface area contributed by atoms with Gasteiger partial charge >= 0.3 is 0 Å². The van der Waals surface area contributed by atoms with E-state index in [-0.39, 0.29) is 10.6 Å². The van der Waals surface area contributed by atoms with Crippen LogP contribution in [0, 0.1) is 0 Å². The van der Waals surface area contributed by atoms with Gasteiger partial charge in [0.2, 0.25) is 0 Å². The van der Waals surface area contributed by atoms with Gasteiger partial charge in [0, 0.05) is 38.1 Å². The molecule has 1 N–H and O–H groups in total. The number of hydrogen-bond acceptors (Lipinski definition) is 5. The number of amides is 1. The summed E-state index contributed by atoms with van der Waals surface area (Å²) in [5.41, 5.74) is 0.634. The van der Waals surface area contributed by atoms with Crippen molar-refractivity contribution in [2.45, 2.75) is 17.7 Å². The van der Waals surface area contributed by atoms with Crippen LogP contribution in [0.15, 0.2) is 52.1 Å². The molecule has 0 atom stereocenters. The standard InChI is InChI=1S/C16H17N5O3S/c1-21-10-2-3-15(21)20-25(23,24)13-6-4-12(5-7-13)19-16(22)14-11-17-8-9-18-14/h4-9,11H,2-3,10H2,1H3,(H,19,22). The lowest BCUT2D eigenvalue weighted by Crippen LogP contribution is -2.20. The first kappa shape index (κ1) is 17.0. The summed E-state index contributed by atoms with van der Waals surface area (Å²) >= 11 is 0. The predicted octanol–water partition coefficient (Wildman–Crippen LogP) is 1.54. The van der Waals surface area contributed by atoms with Gasteiger partial charge in [-0.15, -0.1) is 4.40 Å². The molecule has 0 saturated carbocycles. The van der Waals surface area contributed by atoms with E-state index in [2.05, 4.69) is 19.7 Å². The minimum absolute atomic E-state index is 0.0813. The van der Waals surface area contributed by atoms with Gasteiger partial charge in [-0.2, -0.15) is 8.42 Å². The summed E-state index contributed by atoms with van der Waals surface area (Å²) < 4.78 is 28.6. The summed E-state index contributed by atoms with van der Waals surface area (Å²) in [4.78, 5) is 21.7. The Kier molecular flexibility index (Phi) is 4.75. The molecule has 0 radical (unpaired) electrons. The van der Waals surface area contributed by atoms with E-state index in [9.17, 15) is 13.2 Å². The van der Waals surface area contributed by atoms with Gasteiger partial charge in [-0.3, -0.25) is 9.78 Å². The van der Waals surface area contributed by atoms with Crippen molar-refractivity contribution in [2.24, 2.45) is 4.40 Å². The van der Waals surface area contributed by atoms with Crippen molar-refractivity contribution >= 4 is 27.5 Å². The molecule has 1 aromatic heterocycles. The molecule has 9 heteroatoms. The fourth-order valence-electron chi connectivity index (χ4n) is 2.42. The largest absolute Gasteiger partial charge is 0.362 e. The molecule has 25 heavy (non-hydrogen) atoms. The first-order chi connectivity index (χ1) is 12.0. The van der Waals surface area contributed by atoms with E-state index in [1.54, 1.807) is 0 Å². The average Bonchev–Trinajstić information content (AvgIpc) is 3.00. The zero-order chi connectivity index (χ0) is 17.9. The van der Waals surface area contributed by atoms with E-state index in [4.69, 9.17) is 0 Å². The number of anilines is 1. The summed E-state index contributed by atoms with van der Waals surface area (Å²) in [5, 5.41) is 2.64. The van der Waals surface area contributed by atoms with Gasteiger partial charge in [-0.25, -0.2) is 4.98 Å². The summed E-state index contributed by atoms with van der Waals surface area (Å²) in [6.45, 7) is 0.807. The van der Waals surface area contributed by atoms with Crippen LogP contribution in [0.5, 0.6) is 0 Å². The SMILES string of the molecule is CN1CCCC1=NS(=O)(=O)c1ccc(NC(=O)c2cnccn2)cc1. The van der Waals surface area contributed by atoms with Gasteiger partial charge in [0.15, 0.2) is 0 Å². The maximum Gasteiger partial charge on any atom is 0.283 e. The zero-order valence-electron chi connectivity index (χ0n) is 13.6. The number of rotatable bonds is 4. The smallest absolute Gasteiger partial charge is 0.283 e. The van der Waals surface area contributed by atoms with Crippen molar-refractivity contribution < 1.29 is 13.2 Å². The zero-order valence-corrected chi connectivity index (χ0v) is 14.4. The van der Waals surface area contributed by atoms with Crippen LogP contribution >= 0.6 is 0 Å². The third kappa shape index (κ3) is 4.00. The van der Waals surface area contributed by atoms with Crippen molar-refractivity contribution in [3.8, 4) is 0 Å². The number of likely N-dealkylation sites (tertiary alicyclic amines) is 1. The number of hydrogen-bond donors (Lipinski definition) is 1. The highest BCUT2D eigenvalue weighted by molar-refractivity contribution is 7.90. The Labute approximate surface area is 145 Å². The molecule has 1 fully saturated rings. The number of carbonyl (C=O) groups excluding carboxylic acids is 1. The number of amidine groups is 1. The molecule has 1 saturated heterocycles. The minimum atomic E-state index is -3.76. The Hall–Kier alpha value is -2.81. The van der Waals surface area contributed by atoms with E-state index >= 15 is 0 Å². The van der Waals surface area contributed by atoms with Crippen LogP contribution in [-0.2, 0) is 10.0 Å². The van der Waals surface area contributed by atoms with Gasteiger partial charge in [0.25, 0.3) is 15.9 Å². The Morgan fingerprint density at radius 2 is 2.00 bits per heavy atom. The number of sulfonamides is 1. The number of aromatic nitrogens is 2. The van der Waals surface area contributed by atoms with E-state index < -0.39 is 15.9 Å². The van der Waals surface area contributed by atoms with E-state index in [0.717, 1.165) is 13.0 Å². The predicted molar refractivity (Wildman–Crippen MR) is 92.9 cm³/mol. The Bertz CT molecular complexity index is 895. The molecule has 2 aromatic rings. The normalized spacial score (nSPS) is 16.2. The first-order valence-electron chi connectivity index (χ1n) is 7.68. The van der Waals surface area contributed by atoms with E-state index in [1.165, 1.54) is 42.9 Å². The van der Waals surface area contributed by atoms with Gasteiger partial charge in [-0.1, -0.05) is 0 Å². The molecule has 1 aliphatic heterocycles. The molecule has 1 aliphatic rings. The quantitative estimate of drug-likeness (QED) is 0.888. The summed E-state index contributed by atoms with van der Waals surface area (Å²) in [5.74, 6) is 0.150. The Morgan fingerprint density at radius 3 is 2.60 bits per heavy atom. The Balaban J connectivity index is 1.75. The van der Waals surface area contributed by atoms with Crippen LogP contribution in [0.4, 0.5) is 5.69 Å². The molecule has 0 spiro atoms. The van der Waals surface area contributed by atoms with Crippen molar-refractivity contribution in [3.05, 3.63) is 48.5 Å². The lowest BCUT2D eigenvalue weighted by atomic mass is 10.3. The van der Waals surface area contributed by atoms with Crippen molar-refractivity contribution in [1.82, 2.24) is 14.9 Å². The highest BCUT2D eigenvalue weighted by Gasteiger charge is 2.20. The monoisotopic (exact) mass is 359 g/mol. The van der Waals surface area contributed by atoms with Crippen LogP contribution in [0.25, 0.3) is 0 Å². The highest BCUT2D eigenvalue weighted by atomic mass is 32.2. The van der Waals surface area contributed by atoms with Crippen LogP contribution in [0.2, 0.25) is 0 Å². The lowest BCUT2D eigenvalue weighted by molar-refractivity contribution is 0.102. The van der Waals surface area contributed by atoms with Crippen LogP contribution in [0.1, 0.15) is 23.3 Å². The van der Waals surface area contributed by atoms with Gasteiger partial charge in [-0.05, 0) is 30.7 Å². The Morgan fingerprint density at radius 1 is 1.24 bits per heavy atom. The summed E-state index contributed by atoms with van der Waals surface area (Å²) in [6, 6.07) is 5.86. The molecule has 3 rings (SSSR count). The fourth-order valence-corrected chi connectivity index (χ4v) is 3.52. The van der Waals surface area contributed by atoms with E-state index in [0.29, 0.717) is 17.9 Å². The average molecular weight is 359 g/mol. The third-order valence-corrected chi connectivity index (χ3v) is 5.08. The van der Waals surface area contributed by atoms with Crippen molar-refractivity contribution in [3.63, 3.8) is 0 Å². The molecule has 2 heterocycles. The molecule has 1 aromatic carbocycles. The van der Waals surface area contributed by atoms with Gasteiger partial charge in [0.05, 0.1) is 11.1 Å². The number of benzene rings is 1. The van der Waals surface area contributed by atoms with Crippen LogP contribution in [0.3, 0.4) is 0 Å². The maximum absolute atomic E-state index is 12.4. The molecule has 0 aliphatic carbocycles. The topological polar surface area (TPSA) is 105 Å². The second kappa shape index (κ2) is 6.98. The first-order valence-corrected chi connectivity index (χ1v) is 9.12. The second-order valence-electron chi connectivity index (χ2n) is 5.58. The van der Waals surface area contributed by atoms with Crippen LogP contribution in [-0.4, -0.2) is 48.6 Å². The van der Waals surface area contributed by atoms with E-state index in [1.807, 2.05) is 11.9 Å².